The first kappa shape index (κ1) is 25.3. The van der Waals surface area contributed by atoms with Crippen molar-refractivity contribution in [2.24, 2.45) is 11.7 Å². The van der Waals surface area contributed by atoms with Crippen molar-refractivity contribution in [2.45, 2.75) is 110 Å². The fourth-order valence-electron chi connectivity index (χ4n) is 6.07. The second-order valence-electron chi connectivity index (χ2n) is 11.0. The number of anilines is 1. The molecule has 2 heterocycles. The lowest BCUT2D eigenvalue weighted by molar-refractivity contribution is -0.103. The van der Waals surface area contributed by atoms with Crippen molar-refractivity contribution < 1.29 is 19.0 Å². The molecule has 7 heteroatoms. The Bertz CT molecular complexity index is 852. The molecule has 1 aromatic rings. The normalized spacial score (nSPS) is 35.3. The predicted molar refractivity (Wildman–Crippen MR) is 135 cm³/mol. The maximum atomic E-state index is 12.0. The molecule has 0 aromatic heterocycles. The third-order valence-electron chi connectivity index (χ3n) is 7.83. The molecular formula is C27H43N3O4. The van der Waals surface area contributed by atoms with Crippen LogP contribution in [-0.4, -0.2) is 66.5 Å². The Hall–Kier alpha value is -1.83. The summed E-state index contributed by atoms with van der Waals surface area (Å²) in [7, 11) is 0. The van der Waals surface area contributed by atoms with Crippen LogP contribution in [0.1, 0.15) is 76.2 Å². The lowest BCUT2D eigenvalue weighted by Gasteiger charge is -2.47. The molecule has 0 radical (unpaired) electrons. The number of primary amides is 1. The number of morpholine rings is 1. The topological polar surface area (TPSA) is 86.1 Å². The highest BCUT2D eigenvalue weighted by Crippen LogP contribution is 2.38. The van der Waals surface area contributed by atoms with Crippen molar-refractivity contribution in [2.75, 3.05) is 18.4 Å². The molecule has 2 aliphatic heterocycles. The van der Waals surface area contributed by atoms with Gasteiger partial charge < -0.3 is 25.3 Å². The van der Waals surface area contributed by atoms with Gasteiger partial charge in [-0.1, -0.05) is 0 Å². The number of nitrogens with one attached hydrogen (secondary N) is 1. The number of nitrogens with zero attached hydrogens (tertiary/aromatic N) is 1. The molecule has 0 bridgehead atoms. The van der Waals surface area contributed by atoms with Gasteiger partial charge >= 0.3 is 0 Å². The zero-order valence-corrected chi connectivity index (χ0v) is 21.7. The summed E-state index contributed by atoms with van der Waals surface area (Å²) < 4.78 is 18.3. The van der Waals surface area contributed by atoms with E-state index in [9.17, 15) is 4.79 Å². The maximum absolute atomic E-state index is 12.0. The van der Waals surface area contributed by atoms with Crippen molar-refractivity contribution in [3.8, 4) is 5.75 Å². The first-order chi connectivity index (χ1) is 16.1. The highest BCUT2D eigenvalue weighted by molar-refractivity contribution is 5.96. The minimum Gasteiger partial charge on any atom is -0.488 e. The van der Waals surface area contributed by atoms with Crippen LogP contribution in [0.25, 0.3) is 0 Å². The molecule has 2 saturated heterocycles. The van der Waals surface area contributed by atoms with Gasteiger partial charge in [-0.05, 0) is 78.0 Å². The van der Waals surface area contributed by atoms with Crippen molar-refractivity contribution in [3.63, 3.8) is 0 Å². The summed E-state index contributed by atoms with van der Waals surface area (Å²) in [6, 6.07) is 4.47. The van der Waals surface area contributed by atoms with Gasteiger partial charge in [-0.25, -0.2) is 0 Å². The fraction of sp³-hybridized carbons (Fsp3) is 0.741. The molecule has 1 aliphatic carbocycles. The molecule has 0 spiro atoms. The number of amides is 1. The highest BCUT2D eigenvalue weighted by Gasteiger charge is 2.38. The molecule has 34 heavy (non-hydrogen) atoms. The zero-order valence-electron chi connectivity index (χ0n) is 21.7. The molecule has 3 fully saturated rings. The van der Waals surface area contributed by atoms with E-state index in [0.717, 1.165) is 55.8 Å². The molecule has 5 unspecified atom stereocenters. The predicted octanol–water partition coefficient (Wildman–Crippen LogP) is 4.12. The number of rotatable bonds is 7. The van der Waals surface area contributed by atoms with E-state index in [1.807, 2.05) is 13.0 Å². The van der Waals surface area contributed by atoms with Crippen molar-refractivity contribution >= 4 is 11.6 Å². The summed E-state index contributed by atoms with van der Waals surface area (Å²) in [5.41, 5.74) is 7.96. The van der Waals surface area contributed by atoms with Gasteiger partial charge in [0.1, 0.15) is 11.9 Å². The molecule has 3 aliphatic rings. The first-order valence-corrected chi connectivity index (χ1v) is 13.0. The van der Waals surface area contributed by atoms with Crippen molar-refractivity contribution in [3.05, 3.63) is 23.3 Å². The molecule has 1 amide bonds. The van der Waals surface area contributed by atoms with Gasteiger partial charge in [0.15, 0.2) is 0 Å². The largest absolute Gasteiger partial charge is 0.488 e. The Morgan fingerprint density at radius 1 is 1.03 bits per heavy atom. The summed E-state index contributed by atoms with van der Waals surface area (Å²) in [6.45, 7) is 14.7. The third-order valence-corrected chi connectivity index (χ3v) is 7.83. The van der Waals surface area contributed by atoms with Crippen LogP contribution in [0.5, 0.6) is 5.75 Å². The van der Waals surface area contributed by atoms with Crippen molar-refractivity contribution in [1.82, 2.24) is 4.90 Å². The number of benzene rings is 1. The SMILES string of the molecule is Cc1c(C(N)=O)ccc(OC2CC(N3CC(C)OC(C)C3)C2)c1NC(C)C1CC(C)OC(C)C1. The van der Waals surface area contributed by atoms with Crippen LogP contribution >= 0.6 is 0 Å². The number of carbonyl (C=O) groups is 1. The number of ether oxygens (including phenoxy) is 3. The Morgan fingerprint density at radius 2 is 1.62 bits per heavy atom. The number of nitrogens with two attached hydrogens (primary N) is 1. The van der Waals surface area contributed by atoms with Crippen LogP contribution in [0, 0.1) is 12.8 Å². The van der Waals surface area contributed by atoms with Gasteiger partial charge in [0.2, 0.25) is 5.91 Å². The van der Waals surface area contributed by atoms with E-state index >= 15 is 0 Å². The van der Waals surface area contributed by atoms with Crippen LogP contribution in [0.2, 0.25) is 0 Å². The highest BCUT2D eigenvalue weighted by atomic mass is 16.5. The van der Waals surface area contributed by atoms with E-state index < -0.39 is 5.91 Å². The van der Waals surface area contributed by atoms with E-state index in [-0.39, 0.29) is 36.6 Å². The third kappa shape index (κ3) is 5.69. The molecule has 1 aromatic carbocycles. The molecule has 3 N–H and O–H groups in total. The van der Waals surface area contributed by atoms with Crippen LogP contribution in [0.15, 0.2) is 12.1 Å². The molecule has 1 saturated carbocycles. The van der Waals surface area contributed by atoms with Crippen LogP contribution in [0.4, 0.5) is 5.69 Å². The summed E-state index contributed by atoms with van der Waals surface area (Å²) >= 11 is 0. The van der Waals surface area contributed by atoms with E-state index in [0.29, 0.717) is 17.5 Å². The Balaban J connectivity index is 1.45. The molecule has 7 nitrogen and oxygen atoms in total. The summed E-state index contributed by atoms with van der Waals surface area (Å²) in [5.74, 6) is 0.892. The number of hydrogen-bond acceptors (Lipinski definition) is 6. The smallest absolute Gasteiger partial charge is 0.249 e. The fourth-order valence-corrected chi connectivity index (χ4v) is 6.07. The molecule has 5 atom stereocenters. The van der Waals surface area contributed by atoms with E-state index in [1.165, 1.54) is 0 Å². The Labute approximate surface area is 204 Å². The van der Waals surface area contributed by atoms with Gasteiger partial charge in [-0.2, -0.15) is 0 Å². The minimum absolute atomic E-state index is 0.177. The molecular weight excluding hydrogens is 430 g/mol. The summed E-state index contributed by atoms with van der Waals surface area (Å²) in [4.78, 5) is 14.6. The van der Waals surface area contributed by atoms with Crippen LogP contribution in [0.3, 0.4) is 0 Å². The van der Waals surface area contributed by atoms with Gasteiger partial charge in [0.25, 0.3) is 0 Å². The maximum Gasteiger partial charge on any atom is 0.249 e. The number of carbonyl (C=O) groups excluding carboxylic acids is 1. The monoisotopic (exact) mass is 473 g/mol. The molecule has 4 rings (SSSR count). The second-order valence-corrected chi connectivity index (χ2v) is 11.0. The van der Waals surface area contributed by atoms with Crippen LogP contribution < -0.4 is 15.8 Å². The van der Waals surface area contributed by atoms with E-state index in [1.54, 1.807) is 6.07 Å². The summed E-state index contributed by atoms with van der Waals surface area (Å²) in [5, 5.41) is 3.71. The lowest BCUT2D eigenvalue weighted by atomic mass is 9.86. The van der Waals surface area contributed by atoms with Gasteiger partial charge in [0, 0.05) is 43.6 Å². The average Bonchev–Trinajstić information content (AvgIpc) is 2.70. The lowest BCUT2D eigenvalue weighted by Crippen LogP contribution is -2.56. The number of hydrogen-bond donors (Lipinski definition) is 2. The second kappa shape index (κ2) is 10.4. The van der Waals surface area contributed by atoms with Gasteiger partial charge in [-0.15, -0.1) is 0 Å². The first-order valence-electron chi connectivity index (χ1n) is 13.0. The van der Waals surface area contributed by atoms with Gasteiger partial charge in [-0.3, -0.25) is 9.69 Å². The Kier molecular flexibility index (Phi) is 7.75. The van der Waals surface area contributed by atoms with Gasteiger partial charge in [0.05, 0.1) is 30.1 Å². The zero-order chi connectivity index (χ0) is 24.6. The van der Waals surface area contributed by atoms with E-state index in [4.69, 9.17) is 19.9 Å². The average molecular weight is 474 g/mol. The molecule has 190 valence electrons. The quantitative estimate of drug-likeness (QED) is 0.620. The van der Waals surface area contributed by atoms with Crippen molar-refractivity contribution in [1.29, 1.82) is 0 Å². The van der Waals surface area contributed by atoms with E-state index in [2.05, 4.69) is 44.8 Å². The minimum atomic E-state index is -0.410. The van der Waals surface area contributed by atoms with Crippen LogP contribution in [-0.2, 0) is 9.47 Å². The standard InChI is InChI=1S/C27H43N3O4/c1-15-9-21(10-16(2)32-15)20(6)29-26-19(5)24(27(28)31)7-8-25(26)34-23-11-22(12-23)30-13-17(3)33-18(4)14-30/h7-8,15-18,20-23,29H,9-14H2,1-6H3,(H2,28,31). The summed E-state index contributed by atoms with van der Waals surface area (Å²) in [6.07, 6.45) is 5.31. The Morgan fingerprint density at radius 3 is 2.21 bits per heavy atom.